The number of benzene rings is 1. The third-order valence-corrected chi connectivity index (χ3v) is 8.64. The number of hydrogen-bond acceptors (Lipinski definition) is 7. The third kappa shape index (κ3) is 5.79. The highest BCUT2D eigenvalue weighted by Crippen LogP contribution is 2.32. The highest BCUT2D eigenvalue weighted by molar-refractivity contribution is 7.92. The normalized spacial score (nSPS) is 15.2. The fraction of sp³-hybridized carbons (Fsp3) is 0.261. The highest BCUT2D eigenvalue weighted by Gasteiger charge is 2.19. The van der Waals surface area contributed by atoms with Gasteiger partial charge in [-0.3, -0.25) is 14.9 Å². The highest BCUT2D eigenvalue weighted by atomic mass is 32.2. The smallest absolute Gasteiger partial charge is 0.277 e. The lowest BCUT2D eigenvalue weighted by molar-refractivity contribution is -0.124. The minimum atomic E-state index is -3.74. The van der Waals surface area contributed by atoms with Crippen molar-refractivity contribution < 1.29 is 23.2 Å². The van der Waals surface area contributed by atoms with Crippen LogP contribution in [0, 0.1) is 0 Å². The molecule has 1 aliphatic heterocycles. The molecule has 0 saturated carbocycles. The van der Waals surface area contributed by atoms with Crippen LogP contribution in [-0.4, -0.2) is 61.3 Å². The van der Waals surface area contributed by atoms with Gasteiger partial charge in [0.15, 0.2) is 0 Å². The molecule has 3 aromatic rings. The van der Waals surface area contributed by atoms with Crippen LogP contribution in [0.2, 0.25) is 0 Å². The molecule has 174 valence electrons. The fourth-order valence-electron chi connectivity index (χ4n) is 3.52. The van der Waals surface area contributed by atoms with E-state index in [4.69, 9.17) is 9.94 Å². The van der Waals surface area contributed by atoms with E-state index in [2.05, 4.69) is 17.0 Å². The number of carbonyl (C=O) groups is 1. The quantitative estimate of drug-likeness (QED) is 0.288. The number of nitrogens with zero attached hydrogens (tertiary/aromatic N) is 2. The molecule has 33 heavy (non-hydrogen) atoms. The zero-order chi connectivity index (χ0) is 23.3. The van der Waals surface area contributed by atoms with E-state index in [1.54, 1.807) is 12.1 Å². The number of amides is 1. The Balaban J connectivity index is 1.43. The minimum Gasteiger partial charge on any atom is -0.379 e. The maximum Gasteiger partial charge on any atom is 0.277 e. The Morgan fingerprint density at radius 3 is 2.61 bits per heavy atom. The average molecular weight is 488 g/mol. The number of nitrogens with one attached hydrogen (secondary N) is 1. The Morgan fingerprint density at radius 1 is 1.12 bits per heavy atom. The Kier molecular flexibility index (Phi) is 7.41. The molecular formula is C23H25N3O5S2. The minimum absolute atomic E-state index is 0.230. The van der Waals surface area contributed by atoms with E-state index in [1.165, 1.54) is 40.9 Å². The van der Waals surface area contributed by atoms with Crippen molar-refractivity contribution in [2.75, 3.05) is 32.8 Å². The molecule has 2 N–H and O–H groups in total. The van der Waals surface area contributed by atoms with Gasteiger partial charge in [0.05, 0.1) is 13.2 Å². The van der Waals surface area contributed by atoms with Gasteiger partial charge in [0.1, 0.15) is 4.21 Å². The second kappa shape index (κ2) is 10.4. The lowest BCUT2D eigenvalue weighted by atomic mass is 10.1. The number of hydroxylamine groups is 1. The number of hydrogen-bond donors (Lipinski definition) is 2. The second-order valence-corrected chi connectivity index (χ2v) is 10.8. The monoisotopic (exact) mass is 487 g/mol. The number of aromatic nitrogens is 1. The van der Waals surface area contributed by atoms with Crippen molar-refractivity contribution in [2.24, 2.45) is 0 Å². The van der Waals surface area contributed by atoms with Crippen molar-refractivity contribution in [3.63, 3.8) is 0 Å². The molecule has 0 atom stereocenters. The summed E-state index contributed by atoms with van der Waals surface area (Å²) in [7, 11) is -3.74. The van der Waals surface area contributed by atoms with Crippen LogP contribution < -0.4 is 5.48 Å². The Morgan fingerprint density at radius 2 is 1.88 bits per heavy atom. The Bertz CT molecular complexity index is 1220. The molecule has 1 amide bonds. The summed E-state index contributed by atoms with van der Waals surface area (Å²) in [6, 6.07) is 13.2. The molecule has 4 rings (SSSR count). The first-order chi connectivity index (χ1) is 16.0. The van der Waals surface area contributed by atoms with Gasteiger partial charge < -0.3 is 4.74 Å². The molecule has 0 radical (unpaired) electrons. The zero-order valence-electron chi connectivity index (χ0n) is 17.9. The predicted octanol–water partition coefficient (Wildman–Crippen LogP) is 2.85. The summed E-state index contributed by atoms with van der Waals surface area (Å²) in [4.78, 5) is 14.4. The molecule has 1 fully saturated rings. The third-order valence-electron chi connectivity index (χ3n) is 5.40. The lowest BCUT2D eigenvalue weighted by Crippen LogP contribution is -2.37. The Labute approximate surface area is 196 Å². The standard InChI is InChI=1S/C23H25N3O5S2/c27-22(24-28)7-3-19-10-12-26(17-19)33(29,30)23-8-6-21(32-23)20-4-1-18(2-5-20)9-11-25-13-15-31-16-14-25/h1-8,10,12,17,28H,9,11,13-16H2,(H,24,27). The lowest BCUT2D eigenvalue weighted by Gasteiger charge is -2.26. The van der Waals surface area contributed by atoms with Gasteiger partial charge in [-0.2, -0.15) is 8.42 Å². The van der Waals surface area contributed by atoms with E-state index < -0.39 is 15.9 Å². The van der Waals surface area contributed by atoms with Crippen molar-refractivity contribution in [1.82, 2.24) is 14.4 Å². The second-order valence-electron chi connectivity index (χ2n) is 7.61. The largest absolute Gasteiger partial charge is 0.379 e. The summed E-state index contributed by atoms with van der Waals surface area (Å²) in [5, 5.41) is 8.53. The SMILES string of the molecule is O=C(C=Cc1ccn(S(=O)(=O)c2ccc(-c3ccc(CCN4CCOCC4)cc3)s2)c1)NO. The maximum atomic E-state index is 13.0. The number of morpholine rings is 1. The fourth-order valence-corrected chi connectivity index (χ4v) is 6.14. The van der Waals surface area contributed by atoms with Crippen molar-refractivity contribution in [2.45, 2.75) is 10.6 Å². The number of thiophene rings is 1. The van der Waals surface area contributed by atoms with Gasteiger partial charge in [-0.15, -0.1) is 11.3 Å². The van der Waals surface area contributed by atoms with Crippen LogP contribution in [0.4, 0.5) is 0 Å². The van der Waals surface area contributed by atoms with E-state index >= 15 is 0 Å². The molecule has 0 unspecified atom stereocenters. The van der Waals surface area contributed by atoms with Crippen LogP contribution in [0.5, 0.6) is 0 Å². The first kappa shape index (κ1) is 23.4. The van der Waals surface area contributed by atoms with Gasteiger partial charge >= 0.3 is 0 Å². The summed E-state index contributed by atoms with van der Waals surface area (Å²) >= 11 is 1.21. The molecule has 2 aromatic heterocycles. The van der Waals surface area contributed by atoms with Crippen LogP contribution in [-0.2, 0) is 26.0 Å². The molecule has 8 nitrogen and oxygen atoms in total. The van der Waals surface area contributed by atoms with E-state index in [1.807, 2.05) is 18.2 Å². The van der Waals surface area contributed by atoms with Gasteiger partial charge in [0, 0.05) is 43.0 Å². The molecule has 1 saturated heterocycles. The van der Waals surface area contributed by atoms with E-state index in [0.29, 0.717) is 5.56 Å². The molecule has 10 heteroatoms. The van der Waals surface area contributed by atoms with Gasteiger partial charge in [-0.05, 0) is 47.4 Å². The van der Waals surface area contributed by atoms with E-state index in [0.717, 1.165) is 59.8 Å². The van der Waals surface area contributed by atoms with Crippen LogP contribution in [0.3, 0.4) is 0 Å². The molecule has 1 aromatic carbocycles. The van der Waals surface area contributed by atoms with Crippen LogP contribution in [0.1, 0.15) is 11.1 Å². The summed E-state index contributed by atoms with van der Waals surface area (Å²) in [6.45, 7) is 4.54. The summed E-state index contributed by atoms with van der Waals surface area (Å²) in [5.74, 6) is -0.694. The zero-order valence-corrected chi connectivity index (χ0v) is 19.5. The van der Waals surface area contributed by atoms with Gasteiger partial charge in [0.25, 0.3) is 15.9 Å². The van der Waals surface area contributed by atoms with Gasteiger partial charge in [-0.25, -0.2) is 9.45 Å². The molecule has 0 aliphatic carbocycles. The first-order valence-corrected chi connectivity index (χ1v) is 12.8. The topological polar surface area (TPSA) is 101 Å². The van der Waals surface area contributed by atoms with Crippen molar-refractivity contribution in [3.05, 3.63) is 72.1 Å². The van der Waals surface area contributed by atoms with Crippen LogP contribution >= 0.6 is 11.3 Å². The molecule has 1 aliphatic rings. The Hall–Kier alpha value is -2.76. The summed E-state index contributed by atoms with van der Waals surface area (Å²) in [5.41, 5.74) is 4.23. The number of ether oxygens (including phenoxy) is 1. The van der Waals surface area contributed by atoms with Crippen molar-refractivity contribution >= 4 is 33.3 Å². The van der Waals surface area contributed by atoms with Crippen LogP contribution in [0.25, 0.3) is 16.5 Å². The number of rotatable bonds is 8. The van der Waals surface area contributed by atoms with Crippen molar-refractivity contribution in [3.8, 4) is 10.4 Å². The number of carbonyl (C=O) groups excluding carboxylic acids is 1. The first-order valence-electron chi connectivity index (χ1n) is 10.5. The molecule has 3 heterocycles. The average Bonchev–Trinajstić information content (AvgIpc) is 3.53. The van der Waals surface area contributed by atoms with Crippen LogP contribution in [0.15, 0.2) is 65.1 Å². The maximum absolute atomic E-state index is 13.0. The van der Waals surface area contributed by atoms with E-state index in [-0.39, 0.29) is 4.21 Å². The molecule has 0 spiro atoms. The van der Waals surface area contributed by atoms with Crippen molar-refractivity contribution in [1.29, 1.82) is 0 Å². The molecular weight excluding hydrogens is 462 g/mol. The summed E-state index contributed by atoms with van der Waals surface area (Å²) in [6.07, 6.45) is 6.33. The molecule has 0 bridgehead atoms. The van der Waals surface area contributed by atoms with Gasteiger partial charge in [0.2, 0.25) is 0 Å². The van der Waals surface area contributed by atoms with E-state index in [9.17, 15) is 13.2 Å². The summed E-state index contributed by atoms with van der Waals surface area (Å²) < 4.78 is 32.7. The van der Waals surface area contributed by atoms with Gasteiger partial charge in [-0.1, -0.05) is 24.3 Å². The predicted molar refractivity (Wildman–Crippen MR) is 127 cm³/mol.